The summed E-state index contributed by atoms with van der Waals surface area (Å²) in [5, 5.41) is -0.0852. The van der Waals surface area contributed by atoms with Gasteiger partial charge in [0.05, 0.1) is 12.9 Å². The maximum absolute atomic E-state index is 12.6. The Hall–Kier alpha value is -2.29. The number of halogens is 3. The van der Waals surface area contributed by atoms with Gasteiger partial charge in [-0.3, -0.25) is 4.79 Å². The molecule has 0 aliphatic heterocycles. The molecule has 0 atom stereocenters. The Morgan fingerprint density at radius 1 is 1.32 bits per heavy atom. The zero-order chi connectivity index (χ0) is 18.4. The molecule has 0 unspecified atom stereocenters. The summed E-state index contributed by atoms with van der Waals surface area (Å²) >= 11 is 0.867. The van der Waals surface area contributed by atoms with E-state index in [-0.39, 0.29) is 16.8 Å². The number of alkyl halides is 3. The normalized spacial score (nSPS) is 11.2. The predicted octanol–water partition coefficient (Wildman–Crippen LogP) is 3.25. The van der Waals surface area contributed by atoms with Crippen molar-refractivity contribution in [1.29, 1.82) is 0 Å². The molecule has 0 aliphatic carbocycles. The minimum absolute atomic E-state index is 0.0538. The van der Waals surface area contributed by atoms with E-state index in [2.05, 4.69) is 9.97 Å². The summed E-state index contributed by atoms with van der Waals surface area (Å²) in [6, 6.07) is 8.08. The summed E-state index contributed by atoms with van der Waals surface area (Å²) < 4.78 is 43.0. The van der Waals surface area contributed by atoms with E-state index in [0.29, 0.717) is 12.3 Å². The molecule has 9 heteroatoms. The molecule has 1 aromatic carbocycles. The molecule has 1 amide bonds. The van der Waals surface area contributed by atoms with E-state index in [1.807, 2.05) is 18.2 Å². The van der Waals surface area contributed by atoms with Crippen LogP contribution in [0.1, 0.15) is 11.3 Å². The van der Waals surface area contributed by atoms with Crippen LogP contribution >= 0.6 is 11.8 Å². The SMILES string of the molecule is COc1cccc(CN(C)C(=O)CSc2nccc(C(F)(F)F)n2)c1. The van der Waals surface area contributed by atoms with Gasteiger partial charge in [0, 0.05) is 19.8 Å². The number of methoxy groups -OCH3 is 1. The molecule has 134 valence electrons. The Morgan fingerprint density at radius 2 is 2.08 bits per heavy atom. The van der Waals surface area contributed by atoms with Crippen molar-refractivity contribution in [3.05, 3.63) is 47.8 Å². The average molecular weight is 371 g/mol. The molecule has 1 heterocycles. The second kappa shape index (κ2) is 8.19. The van der Waals surface area contributed by atoms with Gasteiger partial charge in [0.1, 0.15) is 11.4 Å². The van der Waals surface area contributed by atoms with E-state index in [4.69, 9.17) is 4.74 Å². The van der Waals surface area contributed by atoms with Crippen LogP contribution in [0.15, 0.2) is 41.7 Å². The van der Waals surface area contributed by atoms with Crippen LogP contribution in [0.2, 0.25) is 0 Å². The zero-order valence-corrected chi connectivity index (χ0v) is 14.4. The third kappa shape index (κ3) is 5.63. The van der Waals surface area contributed by atoms with Crippen LogP contribution < -0.4 is 4.74 Å². The first-order valence-corrected chi connectivity index (χ1v) is 8.18. The van der Waals surface area contributed by atoms with Crippen LogP contribution in [0.25, 0.3) is 0 Å². The van der Waals surface area contributed by atoms with Gasteiger partial charge in [0.15, 0.2) is 5.16 Å². The first-order chi connectivity index (χ1) is 11.8. The quantitative estimate of drug-likeness (QED) is 0.576. The number of ether oxygens (including phenoxy) is 1. The van der Waals surface area contributed by atoms with Gasteiger partial charge in [-0.1, -0.05) is 23.9 Å². The molecule has 0 saturated carbocycles. The number of amides is 1. The van der Waals surface area contributed by atoms with Gasteiger partial charge in [-0.05, 0) is 23.8 Å². The van der Waals surface area contributed by atoms with Gasteiger partial charge in [-0.25, -0.2) is 9.97 Å². The van der Waals surface area contributed by atoms with E-state index in [0.717, 1.165) is 29.6 Å². The van der Waals surface area contributed by atoms with E-state index in [1.54, 1.807) is 20.2 Å². The molecule has 1 aromatic heterocycles. The van der Waals surface area contributed by atoms with Crippen molar-refractivity contribution in [2.24, 2.45) is 0 Å². The lowest BCUT2D eigenvalue weighted by molar-refractivity contribution is -0.141. The van der Waals surface area contributed by atoms with Crippen LogP contribution in [-0.4, -0.2) is 40.7 Å². The number of aromatic nitrogens is 2. The number of rotatable bonds is 6. The standard InChI is InChI=1S/C16H16F3N3O2S/c1-22(9-11-4-3-5-12(8-11)24-2)14(23)10-25-15-20-7-6-13(21-15)16(17,18)19/h3-8H,9-10H2,1-2H3. The maximum Gasteiger partial charge on any atom is 0.433 e. The Bertz CT molecular complexity index is 741. The maximum atomic E-state index is 12.6. The van der Waals surface area contributed by atoms with Crippen molar-refractivity contribution >= 4 is 17.7 Å². The summed E-state index contributed by atoms with van der Waals surface area (Å²) in [4.78, 5) is 20.8. The molecular formula is C16H16F3N3O2S. The monoisotopic (exact) mass is 371 g/mol. The van der Waals surface area contributed by atoms with E-state index >= 15 is 0 Å². The summed E-state index contributed by atoms with van der Waals surface area (Å²) in [5.74, 6) is 0.390. The number of carbonyl (C=O) groups is 1. The van der Waals surface area contributed by atoms with E-state index in [9.17, 15) is 18.0 Å². The number of hydrogen-bond acceptors (Lipinski definition) is 5. The molecule has 0 aliphatic rings. The van der Waals surface area contributed by atoms with Crippen LogP contribution in [-0.2, 0) is 17.5 Å². The lowest BCUT2D eigenvalue weighted by Gasteiger charge is -2.17. The van der Waals surface area contributed by atoms with Gasteiger partial charge >= 0.3 is 6.18 Å². The fourth-order valence-corrected chi connectivity index (χ4v) is 2.71. The average Bonchev–Trinajstić information content (AvgIpc) is 2.59. The van der Waals surface area contributed by atoms with Crippen LogP contribution in [0.4, 0.5) is 13.2 Å². The summed E-state index contributed by atoms with van der Waals surface area (Å²) in [6.07, 6.45) is -3.51. The Morgan fingerprint density at radius 3 is 2.76 bits per heavy atom. The first-order valence-electron chi connectivity index (χ1n) is 7.19. The summed E-state index contributed by atoms with van der Waals surface area (Å²) in [6.45, 7) is 0.361. The van der Waals surface area contributed by atoms with Gasteiger partial charge < -0.3 is 9.64 Å². The molecular weight excluding hydrogens is 355 g/mol. The molecule has 0 fully saturated rings. The minimum Gasteiger partial charge on any atom is -0.497 e. The van der Waals surface area contributed by atoms with Gasteiger partial charge in [-0.15, -0.1) is 0 Å². The fourth-order valence-electron chi connectivity index (χ4n) is 1.94. The smallest absolute Gasteiger partial charge is 0.433 e. The van der Waals surface area contributed by atoms with Gasteiger partial charge in [-0.2, -0.15) is 13.2 Å². The molecule has 5 nitrogen and oxygen atoms in total. The Kier molecular flexibility index (Phi) is 6.24. The van der Waals surface area contributed by atoms with Crippen molar-refractivity contribution in [2.45, 2.75) is 17.9 Å². The third-order valence-electron chi connectivity index (χ3n) is 3.23. The Balaban J connectivity index is 1.93. The topological polar surface area (TPSA) is 55.3 Å². The second-order valence-electron chi connectivity index (χ2n) is 5.11. The third-order valence-corrected chi connectivity index (χ3v) is 4.07. The van der Waals surface area contributed by atoms with Crippen molar-refractivity contribution in [3.8, 4) is 5.75 Å². The Labute approximate surface area is 147 Å². The second-order valence-corrected chi connectivity index (χ2v) is 6.05. The van der Waals surface area contributed by atoms with E-state index < -0.39 is 11.9 Å². The molecule has 0 N–H and O–H groups in total. The number of benzene rings is 1. The highest BCUT2D eigenvalue weighted by Crippen LogP contribution is 2.28. The highest BCUT2D eigenvalue weighted by atomic mass is 32.2. The van der Waals surface area contributed by atoms with Crippen LogP contribution in [0.3, 0.4) is 0 Å². The zero-order valence-electron chi connectivity index (χ0n) is 13.6. The molecule has 0 bridgehead atoms. The van der Waals surface area contributed by atoms with Crippen LogP contribution in [0, 0.1) is 0 Å². The molecule has 2 aromatic rings. The summed E-state index contributed by atoms with van der Waals surface area (Å²) in [5.41, 5.74) is -0.141. The van der Waals surface area contributed by atoms with Crippen molar-refractivity contribution < 1.29 is 22.7 Å². The minimum atomic E-state index is -4.54. The number of carbonyl (C=O) groups excluding carboxylic acids is 1. The van der Waals surface area contributed by atoms with Gasteiger partial charge in [0.2, 0.25) is 5.91 Å². The largest absolute Gasteiger partial charge is 0.497 e. The highest BCUT2D eigenvalue weighted by molar-refractivity contribution is 7.99. The molecule has 2 rings (SSSR count). The highest BCUT2D eigenvalue weighted by Gasteiger charge is 2.32. The van der Waals surface area contributed by atoms with E-state index in [1.165, 1.54) is 4.90 Å². The molecule has 0 spiro atoms. The van der Waals surface area contributed by atoms with Crippen molar-refractivity contribution in [1.82, 2.24) is 14.9 Å². The molecule has 0 saturated heterocycles. The molecule has 25 heavy (non-hydrogen) atoms. The summed E-state index contributed by atoms with van der Waals surface area (Å²) in [7, 11) is 3.18. The van der Waals surface area contributed by atoms with Gasteiger partial charge in [0.25, 0.3) is 0 Å². The molecule has 0 radical (unpaired) electrons. The number of nitrogens with zero attached hydrogens (tertiary/aromatic N) is 3. The lowest BCUT2D eigenvalue weighted by atomic mass is 10.2. The fraction of sp³-hybridized carbons (Fsp3) is 0.312. The lowest BCUT2D eigenvalue weighted by Crippen LogP contribution is -2.27. The predicted molar refractivity (Wildman–Crippen MR) is 87.2 cm³/mol. The van der Waals surface area contributed by atoms with Crippen molar-refractivity contribution in [2.75, 3.05) is 19.9 Å². The first kappa shape index (κ1) is 19.0. The van der Waals surface area contributed by atoms with Crippen molar-refractivity contribution in [3.63, 3.8) is 0 Å². The number of thioether (sulfide) groups is 1. The number of hydrogen-bond donors (Lipinski definition) is 0. The van der Waals surface area contributed by atoms with Crippen LogP contribution in [0.5, 0.6) is 5.75 Å².